The highest BCUT2D eigenvalue weighted by molar-refractivity contribution is 6.05. The van der Waals surface area contributed by atoms with Gasteiger partial charge in [0, 0.05) is 0 Å². The summed E-state index contributed by atoms with van der Waals surface area (Å²) in [7, 11) is 0. The van der Waals surface area contributed by atoms with E-state index in [1.54, 1.807) is 0 Å². The molecule has 1 aromatic carbocycles. The topological polar surface area (TPSA) is 77.3 Å². The first kappa shape index (κ1) is 11.0. The van der Waals surface area contributed by atoms with Crippen LogP contribution in [0.4, 0.5) is 5.69 Å². The first-order valence-electron chi connectivity index (χ1n) is 4.24. The van der Waals surface area contributed by atoms with Gasteiger partial charge in [-0.1, -0.05) is 6.07 Å². The van der Waals surface area contributed by atoms with Gasteiger partial charge >= 0.3 is 0 Å². The number of benzene rings is 1. The lowest BCUT2D eigenvalue weighted by molar-refractivity contribution is -0.385. The van der Waals surface area contributed by atoms with E-state index in [1.807, 2.05) is 0 Å². The first-order valence-corrected chi connectivity index (χ1v) is 4.24. The number of Topliss-reactive ketones (excluding diaryl/α,β-unsaturated/α-hetero) is 2. The lowest BCUT2D eigenvalue weighted by Crippen LogP contribution is -2.06. The number of hydrogen-bond acceptors (Lipinski definition) is 4. The third-order valence-corrected chi connectivity index (χ3v) is 1.98. The highest BCUT2D eigenvalue weighted by Crippen LogP contribution is 2.24. The Bertz CT molecular complexity index is 418. The van der Waals surface area contributed by atoms with Crippen molar-refractivity contribution in [3.63, 3.8) is 0 Å². The van der Waals surface area contributed by atoms with Crippen molar-refractivity contribution in [1.82, 2.24) is 0 Å². The molecule has 15 heavy (non-hydrogen) atoms. The van der Waals surface area contributed by atoms with Crippen LogP contribution in [0, 0.1) is 10.1 Å². The summed E-state index contributed by atoms with van der Waals surface area (Å²) in [4.78, 5) is 32.3. The van der Waals surface area contributed by atoms with E-state index in [4.69, 9.17) is 0 Å². The van der Waals surface area contributed by atoms with Crippen LogP contribution in [0.5, 0.6) is 0 Å². The molecule has 0 aliphatic heterocycles. The highest BCUT2D eigenvalue weighted by Gasteiger charge is 2.23. The van der Waals surface area contributed by atoms with Gasteiger partial charge in [0.2, 0.25) is 0 Å². The molecule has 0 heterocycles. The number of nitro benzene ring substituents is 1. The molecule has 1 rings (SSSR count). The van der Waals surface area contributed by atoms with Gasteiger partial charge in [0.15, 0.2) is 11.6 Å². The van der Waals surface area contributed by atoms with Crippen LogP contribution in [0.3, 0.4) is 0 Å². The van der Waals surface area contributed by atoms with Crippen molar-refractivity contribution in [1.29, 1.82) is 0 Å². The number of ketones is 2. The first-order chi connectivity index (χ1) is 6.95. The molecule has 0 atom stereocenters. The van der Waals surface area contributed by atoms with Crippen LogP contribution in [-0.2, 0) is 0 Å². The molecule has 5 heteroatoms. The predicted molar refractivity (Wildman–Crippen MR) is 53.1 cm³/mol. The fraction of sp³-hybridized carbons (Fsp3) is 0.200. The third kappa shape index (κ3) is 2.07. The Labute approximate surface area is 85.9 Å². The Kier molecular flexibility index (Phi) is 2.94. The lowest BCUT2D eigenvalue weighted by Gasteiger charge is -2.02. The fourth-order valence-corrected chi connectivity index (χ4v) is 1.31. The Morgan fingerprint density at radius 2 is 1.53 bits per heavy atom. The molecule has 0 amide bonds. The van der Waals surface area contributed by atoms with Crippen molar-refractivity contribution < 1.29 is 14.5 Å². The van der Waals surface area contributed by atoms with E-state index < -0.39 is 22.2 Å². The average molecular weight is 207 g/mol. The quantitative estimate of drug-likeness (QED) is 0.431. The second-order valence-corrected chi connectivity index (χ2v) is 3.07. The van der Waals surface area contributed by atoms with E-state index in [0.717, 1.165) is 0 Å². The molecule has 0 bridgehead atoms. The second-order valence-electron chi connectivity index (χ2n) is 3.07. The molecular formula is C10H9NO4. The highest BCUT2D eigenvalue weighted by atomic mass is 16.6. The summed E-state index contributed by atoms with van der Waals surface area (Å²) in [6.07, 6.45) is 0. The molecule has 0 unspecified atom stereocenters. The summed E-state index contributed by atoms with van der Waals surface area (Å²) in [6.45, 7) is 2.46. The summed E-state index contributed by atoms with van der Waals surface area (Å²) in [6, 6.07) is 4.14. The molecule has 0 aliphatic carbocycles. The number of nitrogens with zero attached hydrogens (tertiary/aromatic N) is 1. The van der Waals surface area contributed by atoms with Gasteiger partial charge < -0.3 is 0 Å². The minimum Gasteiger partial charge on any atom is -0.294 e. The van der Waals surface area contributed by atoms with Crippen LogP contribution in [0.25, 0.3) is 0 Å². The maximum atomic E-state index is 11.1. The molecule has 0 spiro atoms. The SMILES string of the molecule is CC(=O)c1cccc(C(C)=O)c1[N+](=O)[O-]. The number of nitro groups is 1. The number of carbonyl (C=O) groups is 2. The summed E-state index contributed by atoms with van der Waals surface area (Å²) in [5.74, 6) is -0.852. The van der Waals surface area contributed by atoms with E-state index in [0.29, 0.717) is 0 Å². The molecule has 78 valence electrons. The minimum atomic E-state index is -0.701. The Hall–Kier alpha value is -2.04. The van der Waals surface area contributed by atoms with Gasteiger partial charge in [-0.25, -0.2) is 0 Å². The minimum absolute atomic E-state index is 0.0345. The lowest BCUT2D eigenvalue weighted by atomic mass is 10.0. The number of para-hydroxylation sites is 1. The zero-order chi connectivity index (χ0) is 11.6. The molecule has 0 aliphatic rings. The normalized spacial score (nSPS) is 9.73. The monoisotopic (exact) mass is 207 g/mol. The van der Waals surface area contributed by atoms with Crippen molar-refractivity contribution in [3.8, 4) is 0 Å². The number of rotatable bonds is 3. The second kappa shape index (κ2) is 4.00. The van der Waals surface area contributed by atoms with Crippen LogP contribution in [0.15, 0.2) is 18.2 Å². The molecule has 0 radical (unpaired) electrons. The van der Waals surface area contributed by atoms with Crippen LogP contribution >= 0.6 is 0 Å². The average Bonchev–Trinajstić information content (AvgIpc) is 2.16. The van der Waals surface area contributed by atoms with E-state index in [9.17, 15) is 19.7 Å². The largest absolute Gasteiger partial charge is 0.294 e. The molecular weight excluding hydrogens is 198 g/mol. The van der Waals surface area contributed by atoms with Gasteiger partial charge in [-0.15, -0.1) is 0 Å². The maximum absolute atomic E-state index is 11.1. The molecule has 0 fully saturated rings. The van der Waals surface area contributed by atoms with Gasteiger partial charge in [0.05, 0.1) is 16.1 Å². The number of carbonyl (C=O) groups excluding carboxylic acids is 2. The number of hydrogen-bond donors (Lipinski definition) is 0. The summed E-state index contributed by atoms with van der Waals surface area (Å²) < 4.78 is 0. The van der Waals surface area contributed by atoms with Gasteiger partial charge in [0.25, 0.3) is 5.69 Å². The Morgan fingerprint density at radius 3 is 1.80 bits per heavy atom. The van der Waals surface area contributed by atoms with Crippen LogP contribution in [0.2, 0.25) is 0 Å². The van der Waals surface area contributed by atoms with Crippen molar-refractivity contribution in [3.05, 3.63) is 39.4 Å². The Balaban J connectivity index is 3.56. The summed E-state index contributed by atoms with van der Waals surface area (Å²) in [5, 5.41) is 10.8. The van der Waals surface area contributed by atoms with Gasteiger partial charge in [-0.3, -0.25) is 19.7 Å². The van der Waals surface area contributed by atoms with Crippen molar-refractivity contribution >= 4 is 17.3 Å². The van der Waals surface area contributed by atoms with Crippen molar-refractivity contribution in [2.45, 2.75) is 13.8 Å². The molecule has 0 N–H and O–H groups in total. The van der Waals surface area contributed by atoms with E-state index >= 15 is 0 Å². The molecule has 1 aromatic rings. The van der Waals surface area contributed by atoms with Gasteiger partial charge in [0.1, 0.15) is 0 Å². The van der Waals surface area contributed by atoms with Crippen molar-refractivity contribution in [2.75, 3.05) is 0 Å². The van der Waals surface area contributed by atoms with E-state index in [1.165, 1.54) is 32.0 Å². The maximum Gasteiger partial charge on any atom is 0.290 e. The smallest absolute Gasteiger partial charge is 0.290 e. The Morgan fingerprint density at radius 1 is 1.13 bits per heavy atom. The van der Waals surface area contributed by atoms with Crippen LogP contribution in [0.1, 0.15) is 34.6 Å². The summed E-state index contributed by atoms with van der Waals surface area (Å²) in [5.41, 5.74) is -0.474. The van der Waals surface area contributed by atoms with Gasteiger partial charge in [-0.2, -0.15) is 0 Å². The fourth-order valence-electron chi connectivity index (χ4n) is 1.31. The van der Waals surface area contributed by atoms with E-state index in [-0.39, 0.29) is 11.1 Å². The standard InChI is InChI=1S/C10H9NO4/c1-6(12)8-4-3-5-9(7(2)13)10(8)11(14)15/h3-5H,1-2H3. The van der Waals surface area contributed by atoms with E-state index in [2.05, 4.69) is 0 Å². The molecule has 0 aromatic heterocycles. The van der Waals surface area contributed by atoms with Crippen LogP contribution in [-0.4, -0.2) is 16.5 Å². The van der Waals surface area contributed by atoms with Crippen molar-refractivity contribution in [2.24, 2.45) is 0 Å². The molecule has 0 saturated heterocycles. The van der Waals surface area contributed by atoms with Crippen LogP contribution < -0.4 is 0 Å². The predicted octanol–water partition coefficient (Wildman–Crippen LogP) is 2.00. The zero-order valence-corrected chi connectivity index (χ0v) is 8.31. The summed E-state index contributed by atoms with van der Waals surface area (Å²) >= 11 is 0. The van der Waals surface area contributed by atoms with Gasteiger partial charge in [-0.05, 0) is 26.0 Å². The third-order valence-electron chi connectivity index (χ3n) is 1.98. The zero-order valence-electron chi connectivity index (χ0n) is 8.31. The molecule has 5 nitrogen and oxygen atoms in total. The molecule has 0 saturated carbocycles.